The molecule has 4 aliphatic carbocycles. The van der Waals surface area contributed by atoms with Gasteiger partial charge in [0.2, 0.25) is 0 Å². The number of hydrogen-bond acceptors (Lipinski definition) is 1. The van der Waals surface area contributed by atoms with Crippen LogP contribution in [0.25, 0.3) is 0 Å². The number of carbonyl (C=O) groups is 1. The van der Waals surface area contributed by atoms with Gasteiger partial charge in [0, 0.05) is 12.8 Å². The van der Waals surface area contributed by atoms with Gasteiger partial charge in [-0.15, -0.1) is 6.58 Å². The second-order valence-electron chi connectivity index (χ2n) is 8.67. The fraction of sp³-hybridized carbons (Fsp3) is 0.833. The van der Waals surface area contributed by atoms with Gasteiger partial charge in [-0.25, -0.2) is 0 Å². The van der Waals surface area contributed by atoms with Crippen LogP contribution in [0.1, 0.15) is 71.6 Å². The number of Topliss-reactive ketones (excluding diaryl/α,β-unsaturated/α-hetero) is 1. The second kappa shape index (κ2) is 4.20. The lowest BCUT2D eigenvalue weighted by molar-refractivity contribution is -0.155. The number of allylic oxidation sites excluding steroid dienone is 1. The molecule has 0 radical (unpaired) electrons. The van der Waals surface area contributed by atoms with E-state index in [0.717, 1.165) is 18.8 Å². The van der Waals surface area contributed by atoms with Crippen molar-refractivity contribution in [3.8, 4) is 0 Å². The summed E-state index contributed by atoms with van der Waals surface area (Å²) in [7, 11) is 0. The Morgan fingerprint density at radius 1 is 1.16 bits per heavy atom. The van der Waals surface area contributed by atoms with Crippen molar-refractivity contribution >= 4 is 5.78 Å². The first-order valence-electron chi connectivity index (χ1n) is 7.99. The standard InChI is InChI=1S/C18H28O/c1-4-5-6-15(19)10-18-9-14-7-16(2,12-18)11-17(3,8-14)13-18/h4,14H,1,5-13H2,2-3H3. The first kappa shape index (κ1) is 13.4. The first-order valence-corrected chi connectivity index (χ1v) is 7.99. The molecule has 1 nitrogen and oxygen atoms in total. The molecule has 4 fully saturated rings. The summed E-state index contributed by atoms with van der Waals surface area (Å²) < 4.78 is 0. The Labute approximate surface area is 117 Å². The van der Waals surface area contributed by atoms with Gasteiger partial charge in [0.05, 0.1) is 0 Å². The van der Waals surface area contributed by atoms with Crippen molar-refractivity contribution in [2.75, 3.05) is 0 Å². The Morgan fingerprint density at radius 2 is 1.79 bits per heavy atom. The average Bonchev–Trinajstić information content (AvgIpc) is 2.20. The van der Waals surface area contributed by atoms with Crippen LogP contribution < -0.4 is 0 Å². The minimum absolute atomic E-state index is 0.362. The zero-order valence-corrected chi connectivity index (χ0v) is 12.6. The quantitative estimate of drug-likeness (QED) is 0.642. The highest BCUT2D eigenvalue weighted by atomic mass is 16.1. The molecule has 0 spiro atoms. The van der Waals surface area contributed by atoms with Gasteiger partial charge in [-0.3, -0.25) is 4.79 Å². The molecule has 106 valence electrons. The van der Waals surface area contributed by atoms with Gasteiger partial charge in [0.25, 0.3) is 0 Å². The molecule has 0 aromatic rings. The summed E-state index contributed by atoms with van der Waals surface area (Å²) in [5.74, 6) is 1.38. The van der Waals surface area contributed by atoms with Gasteiger partial charge in [-0.2, -0.15) is 0 Å². The summed E-state index contributed by atoms with van der Waals surface area (Å²) >= 11 is 0. The summed E-state index contributed by atoms with van der Waals surface area (Å²) in [6.45, 7) is 8.70. The van der Waals surface area contributed by atoms with Crippen molar-refractivity contribution < 1.29 is 4.79 Å². The minimum Gasteiger partial charge on any atom is -0.300 e. The van der Waals surface area contributed by atoms with E-state index < -0.39 is 0 Å². The number of carbonyl (C=O) groups excluding carboxylic acids is 1. The van der Waals surface area contributed by atoms with E-state index in [1.54, 1.807) is 0 Å². The number of ketones is 1. The molecule has 2 atom stereocenters. The van der Waals surface area contributed by atoms with Gasteiger partial charge in [-0.05, 0) is 67.1 Å². The third kappa shape index (κ3) is 2.41. The first-order chi connectivity index (χ1) is 8.86. The molecule has 4 bridgehead atoms. The molecule has 0 aromatic heterocycles. The molecule has 4 saturated carbocycles. The highest BCUT2D eigenvalue weighted by molar-refractivity contribution is 5.79. The topological polar surface area (TPSA) is 17.1 Å². The Balaban J connectivity index is 1.77. The van der Waals surface area contributed by atoms with Crippen LogP contribution in [0.2, 0.25) is 0 Å². The van der Waals surface area contributed by atoms with E-state index in [2.05, 4.69) is 20.4 Å². The van der Waals surface area contributed by atoms with Crippen molar-refractivity contribution in [2.24, 2.45) is 22.2 Å². The van der Waals surface area contributed by atoms with Crippen molar-refractivity contribution in [2.45, 2.75) is 71.6 Å². The molecule has 4 aliphatic rings. The Hall–Kier alpha value is -0.590. The van der Waals surface area contributed by atoms with E-state index in [1.807, 2.05) is 6.08 Å². The smallest absolute Gasteiger partial charge is 0.133 e. The summed E-state index contributed by atoms with van der Waals surface area (Å²) in [4.78, 5) is 12.2. The van der Waals surface area contributed by atoms with Crippen LogP contribution in [0.15, 0.2) is 12.7 Å². The van der Waals surface area contributed by atoms with Crippen LogP contribution in [-0.2, 0) is 4.79 Å². The fourth-order valence-electron chi connectivity index (χ4n) is 6.65. The summed E-state index contributed by atoms with van der Waals surface area (Å²) in [6.07, 6.45) is 12.5. The maximum Gasteiger partial charge on any atom is 0.133 e. The molecule has 1 heteroatoms. The molecule has 0 saturated heterocycles. The van der Waals surface area contributed by atoms with Gasteiger partial charge in [-0.1, -0.05) is 19.9 Å². The maximum atomic E-state index is 12.2. The molecule has 4 rings (SSSR count). The van der Waals surface area contributed by atoms with E-state index in [9.17, 15) is 4.79 Å². The Bertz CT molecular complexity index is 390. The fourth-order valence-corrected chi connectivity index (χ4v) is 6.65. The van der Waals surface area contributed by atoms with E-state index in [-0.39, 0.29) is 0 Å². The maximum absolute atomic E-state index is 12.2. The summed E-state index contributed by atoms with van der Waals surface area (Å²) in [5, 5.41) is 0. The zero-order chi connectivity index (χ0) is 13.7. The van der Waals surface area contributed by atoms with Gasteiger partial charge in [0.15, 0.2) is 0 Å². The average molecular weight is 260 g/mol. The normalized spacial score (nSPS) is 47.4. The number of rotatable bonds is 5. The van der Waals surface area contributed by atoms with Crippen LogP contribution >= 0.6 is 0 Å². The largest absolute Gasteiger partial charge is 0.300 e. The summed E-state index contributed by atoms with van der Waals surface area (Å²) in [6, 6.07) is 0. The van der Waals surface area contributed by atoms with Crippen LogP contribution in [0, 0.1) is 22.2 Å². The SMILES string of the molecule is C=CCCC(=O)CC12CC3CC(C)(CC(C)(C3)C1)C2. The lowest BCUT2D eigenvalue weighted by Gasteiger charge is -2.65. The predicted octanol–water partition coefficient (Wildman–Crippen LogP) is 4.91. The lowest BCUT2D eigenvalue weighted by atomic mass is 9.39. The van der Waals surface area contributed by atoms with E-state index in [0.29, 0.717) is 28.4 Å². The van der Waals surface area contributed by atoms with Crippen molar-refractivity contribution in [1.29, 1.82) is 0 Å². The van der Waals surface area contributed by atoms with Crippen LogP contribution in [0.4, 0.5) is 0 Å². The van der Waals surface area contributed by atoms with E-state index in [4.69, 9.17) is 0 Å². The minimum atomic E-state index is 0.362. The number of hydrogen-bond donors (Lipinski definition) is 0. The zero-order valence-electron chi connectivity index (χ0n) is 12.6. The Kier molecular flexibility index (Phi) is 2.96. The third-order valence-corrected chi connectivity index (χ3v) is 5.94. The van der Waals surface area contributed by atoms with Crippen LogP contribution in [-0.4, -0.2) is 5.78 Å². The summed E-state index contributed by atoms with van der Waals surface area (Å²) in [5.41, 5.74) is 1.43. The van der Waals surface area contributed by atoms with E-state index >= 15 is 0 Å². The predicted molar refractivity (Wildman–Crippen MR) is 78.9 cm³/mol. The van der Waals surface area contributed by atoms with E-state index in [1.165, 1.54) is 38.5 Å². The Morgan fingerprint density at radius 3 is 2.32 bits per heavy atom. The highest BCUT2D eigenvalue weighted by Crippen LogP contribution is 2.70. The molecule has 0 amide bonds. The van der Waals surface area contributed by atoms with Crippen molar-refractivity contribution in [1.82, 2.24) is 0 Å². The van der Waals surface area contributed by atoms with Crippen LogP contribution in [0.3, 0.4) is 0 Å². The van der Waals surface area contributed by atoms with Gasteiger partial charge >= 0.3 is 0 Å². The van der Waals surface area contributed by atoms with Crippen LogP contribution in [0.5, 0.6) is 0 Å². The molecule has 2 unspecified atom stereocenters. The third-order valence-electron chi connectivity index (χ3n) is 5.94. The molecule has 0 aromatic carbocycles. The lowest BCUT2D eigenvalue weighted by Crippen LogP contribution is -2.55. The van der Waals surface area contributed by atoms with Gasteiger partial charge < -0.3 is 0 Å². The molecule has 19 heavy (non-hydrogen) atoms. The molecular weight excluding hydrogens is 232 g/mol. The van der Waals surface area contributed by atoms with Crippen molar-refractivity contribution in [3.05, 3.63) is 12.7 Å². The molecule has 0 N–H and O–H groups in total. The van der Waals surface area contributed by atoms with Gasteiger partial charge in [0.1, 0.15) is 5.78 Å². The monoisotopic (exact) mass is 260 g/mol. The molecule has 0 aliphatic heterocycles. The molecule has 0 heterocycles. The highest BCUT2D eigenvalue weighted by Gasteiger charge is 2.60. The van der Waals surface area contributed by atoms with Crippen molar-refractivity contribution in [3.63, 3.8) is 0 Å². The molecular formula is C18H28O. The second-order valence-corrected chi connectivity index (χ2v) is 8.67.